The van der Waals surface area contributed by atoms with Crippen molar-refractivity contribution in [3.05, 3.63) is 89.5 Å². The van der Waals surface area contributed by atoms with Crippen molar-refractivity contribution < 1.29 is 14.6 Å². The summed E-state index contributed by atoms with van der Waals surface area (Å²) in [6, 6.07) is 22.6. The average Bonchev–Trinajstić information content (AvgIpc) is 2.76. The highest BCUT2D eigenvalue weighted by Gasteiger charge is 2.13. The minimum atomic E-state index is -0.988. The summed E-state index contributed by atoms with van der Waals surface area (Å²) in [7, 11) is 0. The van der Waals surface area contributed by atoms with Gasteiger partial charge in [0.25, 0.3) is 0 Å². The van der Waals surface area contributed by atoms with Crippen LogP contribution in [0.4, 0.5) is 0 Å². The molecule has 0 aliphatic heterocycles. The van der Waals surface area contributed by atoms with E-state index in [9.17, 15) is 4.79 Å². The fraction of sp³-hybridized carbons (Fsp3) is 0.222. The average molecular weight is 433 g/mol. The number of rotatable bonds is 7. The molecule has 0 spiro atoms. The van der Waals surface area contributed by atoms with Gasteiger partial charge < -0.3 is 9.84 Å². The van der Waals surface area contributed by atoms with Crippen LogP contribution in [0.2, 0.25) is 0 Å². The van der Waals surface area contributed by atoms with E-state index in [4.69, 9.17) is 9.84 Å². The summed E-state index contributed by atoms with van der Waals surface area (Å²) in [5.41, 5.74) is 5.28. The summed E-state index contributed by atoms with van der Waals surface area (Å²) < 4.78 is 6.06. The van der Waals surface area contributed by atoms with Gasteiger partial charge in [-0.1, -0.05) is 63.2 Å². The highest BCUT2D eigenvalue weighted by molar-refractivity contribution is 7.98. The van der Waals surface area contributed by atoms with Gasteiger partial charge in [-0.3, -0.25) is 0 Å². The smallest absolute Gasteiger partial charge is 0.328 e. The van der Waals surface area contributed by atoms with Crippen molar-refractivity contribution in [1.82, 2.24) is 0 Å². The van der Waals surface area contributed by atoms with Gasteiger partial charge in [-0.05, 0) is 64.3 Å². The van der Waals surface area contributed by atoms with Crippen molar-refractivity contribution in [2.24, 2.45) is 0 Å². The van der Waals surface area contributed by atoms with Crippen molar-refractivity contribution in [2.75, 3.05) is 6.26 Å². The molecule has 0 radical (unpaired) electrons. The third kappa shape index (κ3) is 6.25. The van der Waals surface area contributed by atoms with Gasteiger partial charge in [0, 0.05) is 16.5 Å². The molecule has 160 valence electrons. The highest BCUT2D eigenvalue weighted by atomic mass is 32.2. The first-order valence-corrected chi connectivity index (χ1v) is 11.4. The van der Waals surface area contributed by atoms with Crippen LogP contribution in [0.25, 0.3) is 17.2 Å². The van der Waals surface area contributed by atoms with Gasteiger partial charge in [-0.2, -0.15) is 0 Å². The molecular weight excluding hydrogens is 404 g/mol. The van der Waals surface area contributed by atoms with Crippen LogP contribution in [0.1, 0.15) is 37.5 Å². The second-order valence-electron chi connectivity index (χ2n) is 8.39. The van der Waals surface area contributed by atoms with Crippen molar-refractivity contribution in [3.63, 3.8) is 0 Å². The number of thioether (sulfide) groups is 1. The molecule has 3 rings (SSSR count). The summed E-state index contributed by atoms with van der Waals surface area (Å²) in [4.78, 5) is 12.3. The van der Waals surface area contributed by atoms with Gasteiger partial charge in [-0.15, -0.1) is 11.8 Å². The normalized spacial score (nSPS) is 11.6. The molecule has 0 saturated heterocycles. The third-order valence-electron chi connectivity index (χ3n) is 5.05. The number of aliphatic carboxylic acids is 1. The summed E-state index contributed by atoms with van der Waals surface area (Å²) in [6.07, 6.45) is 4.77. The van der Waals surface area contributed by atoms with E-state index in [1.54, 1.807) is 17.8 Å². The van der Waals surface area contributed by atoms with E-state index in [-0.39, 0.29) is 5.41 Å². The Morgan fingerprint density at radius 3 is 2.19 bits per heavy atom. The Bertz CT molecular complexity index is 1060. The molecule has 4 heteroatoms. The number of hydrogen-bond donors (Lipinski definition) is 1. The van der Waals surface area contributed by atoms with Gasteiger partial charge in [0.15, 0.2) is 0 Å². The molecule has 0 aliphatic rings. The van der Waals surface area contributed by atoms with Gasteiger partial charge >= 0.3 is 5.97 Å². The SMILES string of the molecule is CSc1ccc(-c2ccc(OCc3ccc(C(C)(C)C)cc3)c(/C=C/C(=O)O)c2)cc1. The monoisotopic (exact) mass is 432 g/mol. The van der Waals surface area contributed by atoms with Crippen LogP contribution in [0, 0.1) is 0 Å². The standard InChI is InChI=1S/C27H28O3S/c1-27(2,3)23-11-5-19(6-12-23)18-30-25-15-9-21(17-22(25)10-16-26(28)29)20-7-13-24(31-4)14-8-20/h5-17H,18H2,1-4H3,(H,28,29)/b16-10+. The van der Waals surface area contributed by atoms with Gasteiger partial charge in [0.2, 0.25) is 0 Å². The predicted molar refractivity (Wildman–Crippen MR) is 130 cm³/mol. The zero-order valence-corrected chi connectivity index (χ0v) is 19.2. The Balaban J connectivity index is 1.83. The summed E-state index contributed by atoms with van der Waals surface area (Å²) >= 11 is 1.70. The Labute approximate surface area is 188 Å². The first-order valence-electron chi connectivity index (χ1n) is 10.2. The second kappa shape index (κ2) is 9.88. The highest BCUT2D eigenvalue weighted by Crippen LogP contribution is 2.30. The van der Waals surface area contributed by atoms with Crippen molar-refractivity contribution in [1.29, 1.82) is 0 Å². The van der Waals surface area contributed by atoms with Crippen molar-refractivity contribution >= 4 is 23.8 Å². The first kappa shape index (κ1) is 22.7. The van der Waals surface area contributed by atoms with Crippen LogP contribution in [0.3, 0.4) is 0 Å². The molecule has 31 heavy (non-hydrogen) atoms. The number of hydrogen-bond acceptors (Lipinski definition) is 3. The lowest BCUT2D eigenvalue weighted by molar-refractivity contribution is -0.131. The van der Waals surface area contributed by atoms with Crippen LogP contribution < -0.4 is 4.74 Å². The largest absolute Gasteiger partial charge is 0.488 e. The minimum absolute atomic E-state index is 0.109. The lowest BCUT2D eigenvalue weighted by atomic mass is 9.87. The van der Waals surface area contributed by atoms with E-state index in [0.29, 0.717) is 12.4 Å². The minimum Gasteiger partial charge on any atom is -0.488 e. The summed E-state index contributed by atoms with van der Waals surface area (Å²) in [5, 5.41) is 9.08. The molecule has 0 fully saturated rings. The van der Waals surface area contributed by atoms with Crippen LogP contribution in [-0.2, 0) is 16.8 Å². The van der Waals surface area contributed by atoms with E-state index in [1.165, 1.54) is 10.5 Å². The molecule has 0 bridgehead atoms. The van der Waals surface area contributed by atoms with Crippen LogP contribution in [0.15, 0.2) is 77.7 Å². The van der Waals surface area contributed by atoms with Crippen LogP contribution >= 0.6 is 11.8 Å². The molecule has 3 aromatic rings. The fourth-order valence-corrected chi connectivity index (χ4v) is 3.60. The molecule has 1 N–H and O–H groups in total. The maximum absolute atomic E-state index is 11.1. The fourth-order valence-electron chi connectivity index (χ4n) is 3.20. The molecule has 0 aliphatic carbocycles. The van der Waals surface area contributed by atoms with Crippen molar-refractivity contribution in [2.45, 2.75) is 37.7 Å². The predicted octanol–water partition coefficient (Wildman–Crippen LogP) is 7.05. The molecule has 0 amide bonds. The molecule has 0 atom stereocenters. The lowest BCUT2D eigenvalue weighted by Gasteiger charge is -2.19. The van der Waals surface area contributed by atoms with E-state index < -0.39 is 5.97 Å². The van der Waals surface area contributed by atoms with E-state index >= 15 is 0 Å². The van der Waals surface area contributed by atoms with E-state index in [2.05, 4.69) is 69.3 Å². The van der Waals surface area contributed by atoms with Gasteiger partial charge in [-0.25, -0.2) is 4.79 Å². The Morgan fingerprint density at radius 2 is 1.61 bits per heavy atom. The molecule has 0 unspecified atom stereocenters. The number of carboxylic acids is 1. The summed E-state index contributed by atoms with van der Waals surface area (Å²) in [6.45, 7) is 6.99. The third-order valence-corrected chi connectivity index (χ3v) is 5.80. The quantitative estimate of drug-likeness (QED) is 0.321. The summed E-state index contributed by atoms with van der Waals surface area (Å²) in [5.74, 6) is -0.333. The molecule has 0 saturated carbocycles. The Morgan fingerprint density at radius 1 is 0.968 bits per heavy atom. The van der Waals surface area contributed by atoms with Crippen LogP contribution in [0.5, 0.6) is 5.75 Å². The lowest BCUT2D eigenvalue weighted by Crippen LogP contribution is -2.10. The Hall–Kier alpha value is -2.98. The molecular formula is C27H28O3S. The number of carboxylic acid groups (broad SMARTS) is 1. The topological polar surface area (TPSA) is 46.5 Å². The second-order valence-corrected chi connectivity index (χ2v) is 9.27. The number of carbonyl (C=O) groups is 1. The van der Waals surface area contributed by atoms with E-state index in [0.717, 1.165) is 28.3 Å². The maximum atomic E-state index is 11.1. The van der Waals surface area contributed by atoms with Gasteiger partial charge in [0.1, 0.15) is 12.4 Å². The molecule has 0 aromatic heterocycles. The molecule has 3 nitrogen and oxygen atoms in total. The molecule has 0 heterocycles. The van der Waals surface area contributed by atoms with E-state index in [1.807, 2.05) is 24.5 Å². The number of ether oxygens (including phenoxy) is 1. The van der Waals surface area contributed by atoms with Crippen LogP contribution in [-0.4, -0.2) is 17.3 Å². The van der Waals surface area contributed by atoms with Gasteiger partial charge in [0.05, 0.1) is 0 Å². The number of benzene rings is 3. The molecule has 3 aromatic carbocycles. The Kier molecular flexibility index (Phi) is 7.24. The zero-order valence-electron chi connectivity index (χ0n) is 18.4. The van der Waals surface area contributed by atoms with Crippen molar-refractivity contribution in [3.8, 4) is 16.9 Å². The maximum Gasteiger partial charge on any atom is 0.328 e. The first-order chi connectivity index (χ1) is 14.8. The zero-order chi connectivity index (χ0) is 22.4.